The van der Waals surface area contributed by atoms with Gasteiger partial charge in [0.25, 0.3) is 0 Å². The van der Waals surface area contributed by atoms with Crippen molar-refractivity contribution in [3.8, 4) is 5.75 Å². The van der Waals surface area contributed by atoms with E-state index in [0.717, 1.165) is 17.1 Å². The molecule has 2 aromatic carbocycles. The Labute approximate surface area is 111 Å². The van der Waals surface area contributed by atoms with E-state index < -0.39 is 0 Å². The van der Waals surface area contributed by atoms with Gasteiger partial charge in [0.2, 0.25) is 0 Å². The largest absolute Gasteiger partial charge is 0.494 e. The molecule has 0 aliphatic carbocycles. The molecule has 0 bridgehead atoms. The van der Waals surface area contributed by atoms with E-state index in [-0.39, 0.29) is 0 Å². The summed E-state index contributed by atoms with van der Waals surface area (Å²) in [6, 6.07) is 14.7. The number of ether oxygens (including phenoxy) is 1. The smallest absolute Gasteiger partial charge is 0.119 e. The summed E-state index contributed by atoms with van der Waals surface area (Å²) in [6.45, 7) is 2.61. The third-order valence-corrected chi connectivity index (χ3v) is 2.51. The molecule has 0 unspecified atom stereocenters. The molecule has 0 spiro atoms. The third kappa shape index (κ3) is 3.57. The van der Waals surface area contributed by atoms with Crippen LogP contribution in [0.15, 0.2) is 58.8 Å². The first-order valence-corrected chi connectivity index (χ1v) is 6.06. The Morgan fingerprint density at radius 3 is 1.89 bits per heavy atom. The van der Waals surface area contributed by atoms with Crippen LogP contribution in [-0.2, 0) is 0 Å². The van der Waals surface area contributed by atoms with Crippen molar-refractivity contribution in [1.82, 2.24) is 0 Å². The number of rotatable bonds is 4. The summed E-state index contributed by atoms with van der Waals surface area (Å²) in [7, 11) is 0. The van der Waals surface area contributed by atoms with E-state index in [4.69, 9.17) is 16.3 Å². The van der Waals surface area contributed by atoms with Crippen molar-refractivity contribution < 1.29 is 4.74 Å². The van der Waals surface area contributed by atoms with Crippen molar-refractivity contribution in [3.63, 3.8) is 0 Å². The molecule has 0 aliphatic rings. The van der Waals surface area contributed by atoms with Crippen molar-refractivity contribution in [2.24, 2.45) is 10.2 Å². The SMILES string of the molecule is CCOc1ccc(N=Nc2ccc(Cl)cc2)cc1. The Kier molecular flexibility index (Phi) is 4.31. The highest BCUT2D eigenvalue weighted by atomic mass is 35.5. The van der Waals surface area contributed by atoms with Crippen LogP contribution in [0.3, 0.4) is 0 Å². The maximum absolute atomic E-state index is 5.79. The second-order valence-corrected chi connectivity index (χ2v) is 4.04. The molecule has 0 saturated heterocycles. The van der Waals surface area contributed by atoms with Gasteiger partial charge >= 0.3 is 0 Å². The van der Waals surface area contributed by atoms with Gasteiger partial charge in [-0.15, -0.1) is 0 Å². The molecule has 2 rings (SSSR count). The molecule has 0 fully saturated rings. The minimum Gasteiger partial charge on any atom is -0.494 e. The lowest BCUT2D eigenvalue weighted by Crippen LogP contribution is -1.89. The molecule has 92 valence electrons. The molecule has 18 heavy (non-hydrogen) atoms. The lowest BCUT2D eigenvalue weighted by molar-refractivity contribution is 0.340. The Morgan fingerprint density at radius 2 is 1.39 bits per heavy atom. The highest BCUT2D eigenvalue weighted by molar-refractivity contribution is 6.30. The second-order valence-electron chi connectivity index (χ2n) is 3.60. The Hall–Kier alpha value is -1.87. The van der Waals surface area contributed by atoms with E-state index in [1.54, 1.807) is 12.1 Å². The summed E-state index contributed by atoms with van der Waals surface area (Å²) >= 11 is 5.79. The van der Waals surface area contributed by atoms with E-state index in [1.165, 1.54) is 0 Å². The number of halogens is 1. The second kappa shape index (κ2) is 6.17. The summed E-state index contributed by atoms with van der Waals surface area (Å²) in [5, 5.41) is 8.94. The van der Waals surface area contributed by atoms with E-state index in [1.807, 2.05) is 43.3 Å². The fourth-order valence-electron chi connectivity index (χ4n) is 1.40. The van der Waals surface area contributed by atoms with Gasteiger partial charge in [-0.05, 0) is 55.5 Å². The van der Waals surface area contributed by atoms with Crippen LogP contribution in [0, 0.1) is 0 Å². The molecule has 4 heteroatoms. The summed E-state index contributed by atoms with van der Waals surface area (Å²) < 4.78 is 5.35. The van der Waals surface area contributed by atoms with Gasteiger partial charge in [-0.3, -0.25) is 0 Å². The van der Waals surface area contributed by atoms with E-state index in [0.29, 0.717) is 11.6 Å². The lowest BCUT2D eigenvalue weighted by atomic mass is 10.3. The molecule has 2 aromatic rings. The zero-order valence-electron chi connectivity index (χ0n) is 10.0. The van der Waals surface area contributed by atoms with Crippen molar-refractivity contribution in [2.45, 2.75) is 6.92 Å². The Bertz CT molecular complexity index is 520. The molecule has 0 amide bonds. The van der Waals surface area contributed by atoms with Gasteiger partial charge in [-0.2, -0.15) is 10.2 Å². The first-order chi connectivity index (χ1) is 8.78. The van der Waals surface area contributed by atoms with Gasteiger partial charge in [0.1, 0.15) is 5.75 Å². The molecule has 0 aliphatic heterocycles. The van der Waals surface area contributed by atoms with Crippen LogP contribution < -0.4 is 4.74 Å². The number of hydrogen-bond acceptors (Lipinski definition) is 3. The fraction of sp³-hybridized carbons (Fsp3) is 0.143. The molecule has 3 nitrogen and oxygen atoms in total. The highest BCUT2D eigenvalue weighted by Crippen LogP contribution is 2.22. The van der Waals surface area contributed by atoms with Crippen molar-refractivity contribution in [3.05, 3.63) is 53.6 Å². The van der Waals surface area contributed by atoms with Crippen molar-refractivity contribution >= 4 is 23.0 Å². The summed E-state index contributed by atoms with van der Waals surface area (Å²) in [5.41, 5.74) is 1.56. The quantitative estimate of drug-likeness (QED) is 0.700. The molecule has 0 aromatic heterocycles. The third-order valence-electron chi connectivity index (χ3n) is 2.26. The predicted molar refractivity (Wildman–Crippen MR) is 73.2 cm³/mol. The summed E-state index contributed by atoms with van der Waals surface area (Å²) in [5.74, 6) is 0.836. The number of azo groups is 1. The van der Waals surface area contributed by atoms with Gasteiger partial charge in [-0.25, -0.2) is 0 Å². The van der Waals surface area contributed by atoms with Crippen LogP contribution in [0.25, 0.3) is 0 Å². The van der Waals surface area contributed by atoms with E-state index in [9.17, 15) is 0 Å². The van der Waals surface area contributed by atoms with Gasteiger partial charge in [0, 0.05) is 5.02 Å². The van der Waals surface area contributed by atoms with E-state index in [2.05, 4.69) is 10.2 Å². The highest BCUT2D eigenvalue weighted by Gasteiger charge is 1.94. The van der Waals surface area contributed by atoms with Crippen LogP contribution in [0.1, 0.15) is 6.92 Å². The van der Waals surface area contributed by atoms with Crippen LogP contribution in [0.4, 0.5) is 11.4 Å². The Balaban J connectivity index is 2.06. The monoisotopic (exact) mass is 260 g/mol. The van der Waals surface area contributed by atoms with Gasteiger partial charge < -0.3 is 4.74 Å². The maximum atomic E-state index is 5.79. The van der Waals surface area contributed by atoms with Crippen molar-refractivity contribution in [2.75, 3.05) is 6.61 Å². The molecular weight excluding hydrogens is 248 g/mol. The topological polar surface area (TPSA) is 34.0 Å². The first kappa shape index (κ1) is 12.6. The standard InChI is InChI=1S/C14H13ClN2O/c1-2-18-14-9-7-13(8-10-14)17-16-12-5-3-11(15)4-6-12/h3-10H,2H2,1H3. The van der Waals surface area contributed by atoms with Crippen LogP contribution in [0.5, 0.6) is 5.75 Å². The van der Waals surface area contributed by atoms with Gasteiger partial charge in [0.15, 0.2) is 0 Å². The average molecular weight is 261 g/mol. The molecule has 0 radical (unpaired) electrons. The van der Waals surface area contributed by atoms with Gasteiger partial charge in [0.05, 0.1) is 18.0 Å². The number of benzene rings is 2. The maximum Gasteiger partial charge on any atom is 0.119 e. The molecule has 0 saturated carbocycles. The lowest BCUT2D eigenvalue weighted by Gasteiger charge is -2.01. The molecule has 0 heterocycles. The zero-order chi connectivity index (χ0) is 12.8. The van der Waals surface area contributed by atoms with Crippen LogP contribution in [-0.4, -0.2) is 6.61 Å². The minimum atomic E-state index is 0.658. The summed E-state index contributed by atoms with van der Waals surface area (Å²) in [4.78, 5) is 0. The normalized spacial score (nSPS) is 10.8. The first-order valence-electron chi connectivity index (χ1n) is 5.68. The van der Waals surface area contributed by atoms with Crippen LogP contribution in [0.2, 0.25) is 5.02 Å². The zero-order valence-corrected chi connectivity index (χ0v) is 10.8. The Morgan fingerprint density at radius 1 is 0.889 bits per heavy atom. The minimum absolute atomic E-state index is 0.658. The number of hydrogen-bond donors (Lipinski definition) is 0. The van der Waals surface area contributed by atoms with Gasteiger partial charge in [-0.1, -0.05) is 11.6 Å². The number of nitrogens with zero attached hydrogens (tertiary/aromatic N) is 2. The predicted octanol–water partition coefficient (Wildman–Crippen LogP) is 5.15. The molecule has 0 atom stereocenters. The van der Waals surface area contributed by atoms with E-state index >= 15 is 0 Å². The molecule has 0 N–H and O–H groups in total. The van der Waals surface area contributed by atoms with Crippen LogP contribution >= 0.6 is 11.6 Å². The fourth-order valence-corrected chi connectivity index (χ4v) is 1.52. The van der Waals surface area contributed by atoms with Crippen molar-refractivity contribution in [1.29, 1.82) is 0 Å². The summed E-state index contributed by atoms with van der Waals surface area (Å²) in [6.07, 6.45) is 0. The average Bonchev–Trinajstić information content (AvgIpc) is 2.40. The molecular formula is C14H13ClN2O.